The fourth-order valence-electron chi connectivity index (χ4n) is 4.02. The Kier molecular flexibility index (Phi) is 9.37. The summed E-state index contributed by atoms with van der Waals surface area (Å²) in [5, 5.41) is 5.54. The minimum absolute atomic E-state index is 0. The number of nitrogens with one attached hydrogen (secondary N) is 2. The van der Waals surface area contributed by atoms with Gasteiger partial charge in [0.05, 0.1) is 0 Å². The molecule has 2 aromatic rings. The highest BCUT2D eigenvalue weighted by atomic mass is 127. The highest BCUT2D eigenvalue weighted by Crippen LogP contribution is 2.22. The second-order valence-electron chi connectivity index (χ2n) is 7.31. The number of likely N-dealkylation sites (tertiary alicyclic amines) is 1. The monoisotopic (exact) mass is 517 g/mol. The molecule has 0 bridgehead atoms. The first-order valence-corrected chi connectivity index (χ1v) is 10.5. The molecule has 0 spiro atoms. The molecule has 1 unspecified atom stereocenters. The first kappa shape index (κ1) is 23.3. The van der Waals surface area contributed by atoms with Gasteiger partial charge in [-0.15, -0.1) is 24.0 Å². The zero-order valence-corrected chi connectivity index (χ0v) is 20.3. The van der Waals surface area contributed by atoms with E-state index in [1.807, 2.05) is 25.2 Å². The lowest BCUT2D eigenvalue weighted by molar-refractivity contribution is 0.255. The van der Waals surface area contributed by atoms with Crippen molar-refractivity contribution in [1.29, 1.82) is 0 Å². The molecule has 3 rings (SSSR count). The molecule has 0 aliphatic carbocycles. The van der Waals surface area contributed by atoms with Gasteiger partial charge in [0.1, 0.15) is 0 Å². The Morgan fingerprint density at radius 1 is 1.36 bits per heavy atom. The molecule has 1 fully saturated rings. The smallest absolute Gasteiger partial charge is 0.193 e. The van der Waals surface area contributed by atoms with E-state index >= 15 is 0 Å². The first-order chi connectivity index (χ1) is 13.1. The van der Waals surface area contributed by atoms with Crippen molar-refractivity contribution in [3.63, 3.8) is 0 Å². The van der Waals surface area contributed by atoms with Crippen molar-refractivity contribution in [3.8, 4) is 0 Å². The number of fused-ring (bicyclic) bond motifs is 1. The number of aliphatic imine (C=N–C) groups is 1. The molecular weight excluding hydrogens is 485 g/mol. The molecule has 28 heavy (non-hydrogen) atoms. The molecule has 0 saturated carbocycles. The third-order valence-corrected chi connectivity index (χ3v) is 5.85. The summed E-state index contributed by atoms with van der Waals surface area (Å²) < 4.78 is 0. The van der Waals surface area contributed by atoms with Gasteiger partial charge in [0.15, 0.2) is 5.96 Å². The van der Waals surface area contributed by atoms with Gasteiger partial charge < -0.3 is 20.1 Å². The summed E-state index contributed by atoms with van der Waals surface area (Å²) in [5.74, 6) is 1.76. The van der Waals surface area contributed by atoms with E-state index in [-0.39, 0.29) is 24.0 Å². The Morgan fingerprint density at radius 2 is 2.14 bits per heavy atom. The number of nitrogens with zero attached hydrogens (tertiary/aromatic N) is 3. The van der Waals surface area contributed by atoms with Gasteiger partial charge >= 0.3 is 0 Å². The molecule has 1 aromatic heterocycles. The predicted octanol–water partition coefficient (Wildman–Crippen LogP) is 4.22. The molecule has 1 aromatic carbocycles. The quantitative estimate of drug-likeness (QED) is 0.328. The predicted molar refractivity (Wildman–Crippen MR) is 131 cm³/mol. The molecule has 2 heterocycles. The maximum atomic E-state index is 6.15. The first-order valence-electron chi connectivity index (χ1n) is 10.1. The molecule has 156 valence electrons. The maximum Gasteiger partial charge on any atom is 0.193 e. The van der Waals surface area contributed by atoms with Crippen LogP contribution in [0.2, 0.25) is 5.02 Å². The summed E-state index contributed by atoms with van der Waals surface area (Å²) in [6, 6.07) is 6.00. The van der Waals surface area contributed by atoms with E-state index < -0.39 is 0 Å². The van der Waals surface area contributed by atoms with Crippen molar-refractivity contribution < 1.29 is 0 Å². The van der Waals surface area contributed by atoms with Gasteiger partial charge in [0.2, 0.25) is 0 Å². The minimum atomic E-state index is 0. The third-order valence-electron chi connectivity index (χ3n) is 5.61. The number of H-pyrrole nitrogens is 1. The van der Waals surface area contributed by atoms with Crippen molar-refractivity contribution in [3.05, 3.63) is 35.0 Å². The van der Waals surface area contributed by atoms with Crippen LogP contribution < -0.4 is 5.32 Å². The van der Waals surface area contributed by atoms with Crippen molar-refractivity contribution in [2.24, 2.45) is 10.9 Å². The van der Waals surface area contributed by atoms with Crippen molar-refractivity contribution in [2.45, 2.75) is 26.7 Å². The van der Waals surface area contributed by atoms with Gasteiger partial charge in [-0.1, -0.05) is 25.4 Å². The van der Waals surface area contributed by atoms with E-state index in [0.29, 0.717) is 0 Å². The summed E-state index contributed by atoms with van der Waals surface area (Å²) in [6.45, 7) is 11.0. The lowest BCUT2D eigenvalue weighted by Gasteiger charge is -2.24. The standard InChI is InChI=1S/C21H32ClN5.HI/c1-4-26(5-2)14-16-9-11-27(15-16)21(23-3)24-10-8-17-13-25-20-7-6-18(22)12-19(17)20;/h6-7,12-13,16,25H,4-5,8-11,14-15H2,1-3H3,(H,23,24);1H. The molecule has 0 radical (unpaired) electrons. The van der Waals surface area contributed by atoms with Gasteiger partial charge in [-0.3, -0.25) is 4.99 Å². The van der Waals surface area contributed by atoms with Gasteiger partial charge in [-0.25, -0.2) is 0 Å². The highest BCUT2D eigenvalue weighted by molar-refractivity contribution is 14.0. The number of hydrogen-bond donors (Lipinski definition) is 2. The summed E-state index contributed by atoms with van der Waals surface area (Å²) in [4.78, 5) is 12.8. The van der Waals surface area contributed by atoms with Crippen molar-refractivity contribution in [2.75, 3.05) is 46.3 Å². The van der Waals surface area contributed by atoms with Crippen LogP contribution in [-0.2, 0) is 6.42 Å². The Hall–Kier alpha value is -0.990. The van der Waals surface area contributed by atoms with E-state index in [2.05, 4.69) is 45.1 Å². The fourth-order valence-corrected chi connectivity index (χ4v) is 4.19. The van der Waals surface area contributed by atoms with Crippen LogP contribution in [0.15, 0.2) is 29.4 Å². The van der Waals surface area contributed by atoms with Crippen LogP contribution in [0.25, 0.3) is 10.9 Å². The van der Waals surface area contributed by atoms with E-state index in [1.54, 1.807) is 0 Å². The molecule has 1 atom stereocenters. The molecule has 1 aliphatic rings. The Balaban J connectivity index is 0.00000280. The lowest BCUT2D eigenvalue weighted by Crippen LogP contribution is -2.41. The minimum Gasteiger partial charge on any atom is -0.361 e. The molecular formula is C21H33ClIN5. The third kappa shape index (κ3) is 5.76. The molecule has 0 amide bonds. The molecule has 1 saturated heterocycles. The number of halogens is 2. The van der Waals surface area contributed by atoms with Gasteiger partial charge in [-0.05, 0) is 55.6 Å². The van der Waals surface area contributed by atoms with E-state index in [0.717, 1.165) is 61.6 Å². The number of benzene rings is 1. The van der Waals surface area contributed by atoms with Crippen LogP contribution >= 0.6 is 35.6 Å². The summed E-state index contributed by atoms with van der Waals surface area (Å²) in [5.41, 5.74) is 2.42. The second-order valence-corrected chi connectivity index (χ2v) is 7.75. The van der Waals surface area contributed by atoms with Crippen molar-refractivity contribution in [1.82, 2.24) is 20.1 Å². The van der Waals surface area contributed by atoms with Crippen LogP contribution in [0, 0.1) is 5.92 Å². The molecule has 2 N–H and O–H groups in total. The van der Waals surface area contributed by atoms with E-state index in [9.17, 15) is 0 Å². The summed E-state index contributed by atoms with van der Waals surface area (Å²) >= 11 is 6.15. The Morgan fingerprint density at radius 3 is 2.86 bits per heavy atom. The average Bonchev–Trinajstić information content (AvgIpc) is 3.30. The molecule has 7 heteroatoms. The summed E-state index contributed by atoms with van der Waals surface area (Å²) in [6.07, 6.45) is 4.27. The number of hydrogen-bond acceptors (Lipinski definition) is 2. The zero-order chi connectivity index (χ0) is 19.2. The maximum absolute atomic E-state index is 6.15. The van der Waals surface area contributed by atoms with Crippen molar-refractivity contribution >= 4 is 52.4 Å². The SMILES string of the molecule is CCN(CC)CC1CCN(C(=NC)NCCc2c[nH]c3ccc(Cl)cc23)C1.I. The highest BCUT2D eigenvalue weighted by Gasteiger charge is 2.25. The van der Waals surface area contributed by atoms with E-state index in [4.69, 9.17) is 11.6 Å². The summed E-state index contributed by atoms with van der Waals surface area (Å²) in [7, 11) is 1.88. The average molecular weight is 518 g/mol. The number of guanidine groups is 1. The second kappa shape index (κ2) is 11.3. The van der Waals surface area contributed by atoms with Gasteiger partial charge in [0.25, 0.3) is 0 Å². The van der Waals surface area contributed by atoms with Gasteiger partial charge in [0, 0.05) is 55.3 Å². The zero-order valence-electron chi connectivity index (χ0n) is 17.2. The number of aromatic amines is 1. The number of rotatable bonds is 7. The Bertz CT molecular complexity index is 771. The van der Waals surface area contributed by atoms with Gasteiger partial charge in [-0.2, -0.15) is 0 Å². The topological polar surface area (TPSA) is 46.7 Å². The van der Waals surface area contributed by atoms with Crippen LogP contribution in [0.5, 0.6) is 0 Å². The van der Waals surface area contributed by atoms with E-state index in [1.165, 1.54) is 23.9 Å². The lowest BCUT2D eigenvalue weighted by atomic mass is 10.1. The molecule has 5 nitrogen and oxygen atoms in total. The normalized spacial score (nSPS) is 17.4. The molecule has 1 aliphatic heterocycles. The van der Waals surface area contributed by atoms with Crippen LogP contribution in [-0.4, -0.2) is 67.1 Å². The van der Waals surface area contributed by atoms with Crippen LogP contribution in [0.1, 0.15) is 25.8 Å². The van der Waals surface area contributed by atoms with Crippen LogP contribution in [0.3, 0.4) is 0 Å². The largest absolute Gasteiger partial charge is 0.361 e. The Labute approximate surface area is 190 Å². The fraction of sp³-hybridized carbons (Fsp3) is 0.571. The van der Waals surface area contributed by atoms with Crippen LogP contribution in [0.4, 0.5) is 0 Å². The number of aromatic nitrogens is 1.